The topological polar surface area (TPSA) is 17.8 Å². The largest absolute Gasteiger partial charge is 0.295 e. The predicted molar refractivity (Wildman–Crippen MR) is 60.1 cm³/mol. The van der Waals surface area contributed by atoms with E-state index >= 15 is 0 Å². The average Bonchev–Trinajstić information content (AvgIpc) is 2.67. The van der Waals surface area contributed by atoms with Crippen molar-refractivity contribution in [1.29, 1.82) is 0 Å². The lowest BCUT2D eigenvalue weighted by Gasteiger charge is -2.05. The quantitative estimate of drug-likeness (QED) is 0.700. The normalized spacial score (nSPS) is 10.4. The van der Waals surface area contributed by atoms with Gasteiger partial charge in [0.15, 0.2) is 5.16 Å². The van der Waals surface area contributed by atoms with Gasteiger partial charge in [-0.2, -0.15) is 0 Å². The van der Waals surface area contributed by atoms with E-state index in [2.05, 4.69) is 40.7 Å². The highest BCUT2D eigenvalue weighted by atomic mass is 32.2. The average molecular weight is 204 g/mol. The summed E-state index contributed by atoms with van der Waals surface area (Å²) in [5.41, 5.74) is 2.44. The van der Waals surface area contributed by atoms with E-state index in [1.807, 2.05) is 18.6 Å². The number of hydrogen-bond acceptors (Lipinski definition) is 2. The third-order valence-corrected chi connectivity index (χ3v) is 2.77. The number of benzene rings is 1. The highest BCUT2D eigenvalue weighted by Gasteiger charge is 2.01. The Kier molecular flexibility index (Phi) is 2.59. The van der Waals surface area contributed by atoms with E-state index in [1.54, 1.807) is 11.8 Å². The van der Waals surface area contributed by atoms with Crippen LogP contribution >= 0.6 is 11.8 Å². The van der Waals surface area contributed by atoms with E-state index in [0.29, 0.717) is 0 Å². The molecule has 14 heavy (non-hydrogen) atoms. The van der Waals surface area contributed by atoms with Crippen molar-refractivity contribution in [2.24, 2.45) is 0 Å². The molecule has 2 nitrogen and oxygen atoms in total. The smallest absolute Gasteiger partial charge is 0.172 e. The van der Waals surface area contributed by atoms with Crippen molar-refractivity contribution in [2.45, 2.75) is 12.1 Å². The first-order valence-corrected chi connectivity index (χ1v) is 5.68. The molecule has 0 aliphatic carbocycles. The van der Waals surface area contributed by atoms with Crippen LogP contribution in [0.4, 0.5) is 0 Å². The van der Waals surface area contributed by atoms with Gasteiger partial charge in [0.05, 0.1) is 0 Å². The zero-order valence-electron chi connectivity index (χ0n) is 8.27. The standard InChI is InChI=1S/C11H12N2S/c1-9-3-5-10(6-4-9)13-8-7-12-11(13)14-2/h3-8H,1-2H3. The Hall–Kier alpha value is -1.22. The van der Waals surface area contributed by atoms with Crippen molar-refractivity contribution < 1.29 is 0 Å². The molecule has 3 heteroatoms. The molecule has 0 radical (unpaired) electrons. The van der Waals surface area contributed by atoms with Gasteiger partial charge in [-0.25, -0.2) is 4.98 Å². The van der Waals surface area contributed by atoms with Gasteiger partial charge in [0.1, 0.15) is 0 Å². The molecule has 0 saturated heterocycles. The maximum absolute atomic E-state index is 4.26. The molecular weight excluding hydrogens is 192 g/mol. The molecule has 0 unspecified atom stereocenters. The van der Waals surface area contributed by atoms with E-state index in [0.717, 1.165) is 10.8 Å². The number of thioether (sulfide) groups is 1. The molecule has 2 rings (SSSR count). The first kappa shape index (κ1) is 9.34. The fourth-order valence-corrected chi connectivity index (χ4v) is 1.87. The number of aryl methyl sites for hydroxylation is 1. The lowest BCUT2D eigenvalue weighted by molar-refractivity contribution is 0.897. The Morgan fingerprint density at radius 3 is 2.57 bits per heavy atom. The van der Waals surface area contributed by atoms with Crippen LogP contribution in [0.15, 0.2) is 41.8 Å². The zero-order chi connectivity index (χ0) is 9.97. The molecule has 0 saturated carbocycles. The van der Waals surface area contributed by atoms with Crippen molar-refractivity contribution in [3.8, 4) is 5.69 Å². The summed E-state index contributed by atoms with van der Waals surface area (Å²) in [6.07, 6.45) is 5.84. The van der Waals surface area contributed by atoms with Crippen LogP contribution < -0.4 is 0 Å². The van der Waals surface area contributed by atoms with Crippen molar-refractivity contribution in [3.63, 3.8) is 0 Å². The van der Waals surface area contributed by atoms with Gasteiger partial charge in [-0.3, -0.25) is 4.57 Å². The minimum atomic E-state index is 1.02. The lowest BCUT2D eigenvalue weighted by Crippen LogP contribution is -1.93. The van der Waals surface area contributed by atoms with E-state index in [9.17, 15) is 0 Å². The second kappa shape index (κ2) is 3.88. The molecule has 0 amide bonds. The maximum Gasteiger partial charge on any atom is 0.172 e. The number of hydrogen-bond donors (Lipinski definition) is 0. The molecule has 72 valence electrons. The van der Waals surface area contributed by atoms with Crippen LogP contribution in [0.3, 0.4) is 0 Å². The monoisotopic (exact) mass is 204 g/mol. The van der Waals surface area contributed by atoms with E-state index in [4.69, 9.17) is 0 Å². The summed E-state index contributed by atoms with van der Waals surface area (Å²) >= 11 is 1.65. The van der Waals surface area contributed by atoms with Gasteiger partial charge in [0.2, 0.25) is 0 Å². The number of nitrogens with zero attached hydrogens (tertiary/aromatic N) is 2. The van der Waals surface area contributed by atoms with Crippen molar-refractivity contribution in [1.82, 2.24) is 9.55 Å². The minimum absolute atomic E-state index is 1.02. The molecule has 1 heterocycles. The molecule has 0 aliphatic rings. The zero-order valence-corrected chi connectivity index (χ0v) is 9.08. The third kappa shape index (κ3) is 1.68. The summed E-state index contributed by atoms with van der Waals surface area (Å²) in [7, 11) is 0. The maximum atomic E-state index is 4.26. The molecule has 0 fully saturated rings. The molecule has 0 aliphatic heterocycles. The first-order valence-electron chi connectivity index (χ1n) is 4.45. The Labute approximate surface area is 88.0 Å². The SMILES string of the molecule is CSc1nccn1-c1ccc(C)cc1. The summed E-state index contributed by atoms with van der Waals surface area (Å²) in [4.78, 5) is 4.26. The van der Waals surface area contributed by atoms with Crippen LogP contribution in [0.5, 0.6) is 0 Å². The summed E-state index contributed by atoms with van der Waals surface area (Å²) in [6.45, 7) is 2.09. The number of imidazole rings is 1. The van der Waals surface area contributed by atoms with Crippen LogP contribution in [0.25, 0.3) is 5.69 Å². The van der Waals surface area contributed by atoms with Gasteiger partial charge in [-0.1, -0.05) is 29.5 Å². The highest BCUT2D eigenvalue weighted by Crippen LogP contribution is 2.17. The Bertz CT molecular complexity index is 417. The Morgan fingerprint density at radius 1 is 1.21 bits per heavy atom. The van der Waals surface area contributed by atoms with Crippen LogP contribution in [0, 0.1) is 6.92 Å². The van der Waals surface area contributed by atoms with Crippen molar-refractivity contribution in [2.75, 3.05) is 6.26 Å². The predicted octanol–water partition coefficient (Wildman–Crippen LogP) is 2.90. The molecule has 0 atom stereocenters. The van der Waals surface area contributed by atoms with E-state index in [1.165, 1.54) is 5.56 Å². The van der Waals surface area contributed by atoms with Crippen LogP contribution in [-0.4, -0.2) is 15.8 Å². The highest BCUT2D eigenvalue weighted by molar-refractivity contribution is 7.98. The minimum Gasteiger partial charge on any atom is -0.295 e. The van der Waals surface area contributed by atoms with Gasteiger partial charge in [0, 0.05) is 18.1 Å². The molecule has 1 aromatic heterocycles. The number of aromatic nitrogens is 2. The van der Waals surface area contributed by atoms with Crippen molar-refractivity contribution >= 4 is 11.8 Å². The second-order valence-electron chi connectivity index (χ2n) is 3.12. The summed E-state index contributed by atoms with van der Waals surface area (Å²) in [5.74, 6) is 0. The summed E-state index contributed by atoms with van der Waals surface area (Å²) in [5, 5.41) is 1.02. The summed E-state index contributed by atoms with van der Waals surface area (Å²) < 4.78 is 2.09. The summed E-state index contributed by atoms with van der Waals surface area (Å²) in [6, 6.07) is 8.44. The van der Waals surface area contributed by atoms with E-state index < -0.39 is 0 Å². The molecular formula is C11H12N2S. The fourth-order valence-electron chi connectivity index (χ4n) is 1.34. The third-order valence-electron chi connectivity index (χ3n) is 2.10. The molecule has 1 aromatic carbocycles. The molecule has 0 spiro atoms. The Balaban J connectivity index is 2.44. The number of rotatable bonds is 2. The van der Waals surface area contributed by atoms with E-state index in [-0.39, 0.29) is 0 Å². The fraction of sp³-hybridized carbons (Fsp3) is 0.182. The molecule has 0 N–H and O–H groups in total. The first-order chi connectivity index (χ1) is 6.81. The van der Waals surface area contributed by atoms with Crippen LogP contribution in [-0.2, 0) is 0 Å². The molecule has 2 aromatic rings. The van der Waals surface area contributed by atoms with Gasteiger partial charge < -0.3 is 0 Å². The van der Waals surface area contributed by atoms with Gasteiger partial charge in [0.25, 0.3) is 0 Å². The Morgan fingerprint density at radius 2 is 1.93 bits per heavy atom. The molecule has 0 bridgehead atoms. The van der Waals surface area contributed by atoms with Gasteiger partial charge in [-0.15, -0.1) is 0 Å². The van der Waals surface area contributed by atoms with Crippen molar-refractivity contribution in [3.05, 3.63) is 42.2 Å². The van der Waals surface area contributed by atoms with Gasteiger partial charge >= 0.3 is 0 Å². The van der Waals surface area contributed by atoms with Crippen LogP contribution in [0.1, 0.15) is 5.56 Å². The lowest BCUT2D eigenvalue weighted by atomic mass is 10.2. The van der Waals surface area contributed by atoms with Gasteiger partial charge in [-0.05, 0) is 25.3 Å². The van der Waals surface area contributed by atoms with Crippen LogP contribution in [0.2, 0.25) is 0 Å². The second-order valence-corrected chi connectivity index (χ2v) is 3.89.